The van der Waals surface area contributed by atoms with Gasteiger partial charge in [-0.3, -0.25) is 0 Å². The van der Waals surface area contributed by atoms with Crippen LogP contribution in [0.5, 0.6) is 0 Å². The number of thioether (sulfide) groups is 1. The van der Waals surface area contributed by atoms with Crippen molar-refractivity contribution in [3.8, 4) is 5.69 Å². The molecule has 0 radical (unpaired) electrons. The van der Waals surface area contributed by atoms with Crippen LogP contribution in [0.1, 0.15) is 5.56 Å². The largest absolute Gasteiger partial charge is 0.224 e. The van der Waals surface area contributed by atoms with Crippen molar-refractivity contribution in [2.24, 2.45) is 0 Å². The maximum Gasteiger partial charge on any atom is 0.214 e. The number of aromatic nitrogens is 5. The average molecular weight is 373 g/mol. The molecule has 5 nitrogen and oxygen atoms in total. The van der Waals surface area contributed by atoms with E-state index in [1.165, 1.54) is 11.8 Å². The molecule has 0 amide bonds. The molecule has 9 heteroatoms. The first-order chi connectivity index (χ1) is 10.6. The first-order valence-corrected chi connectivity index (χ1v) is 8.23. The molecule has 0 aliphatic rings. The van der Waals surface area contributed by atoms with Crippen molar-refractivity contribution >= 4 is 46.6 Å². The molecule has 0 fully saturated rings. The highest BCUT2D eigenvalue weighted by Crippen LogP contribution is 2.25. The zero-order valence-electron chi connectivity index (χ0n) is 10.9. The van der Waals surface area contributed by atoms with Crippen molar-refractivity contribution in [2.45, 2.75) is 10.9 Å². The van der Waals surface area contributed by atoms with E-state index in [1.54, 1.807) is 28.9 Å². The summed E-state index contributed by atoms with van der Waals surface area (Å²) in [5, 5.41) is 13.8. The summed E-state index contributed by atoms with van der Waals surface area (Å²) in [6.07, 6.45) is 0. The van der Waals surface area contributed by atoms with Gasteiger partial charge < -0.3 is 0 Å². The highest BCUT2D eigenvalue weighted by molar-refractivity contribution is 7.98. The third kappa shape index (κ3) is 3.70. The van der Waals surface area contributed by atoms with Crippen LogP contribution < -0.4 is 0 Å². The Morgan fingerprint density at radius 2 is 1.68 bits per heavy atom. The van der Waals surface area contributed by atoms with Gasteiger partial charge >= 0.3 is 0 Å². The summed E-state index contributed by atoms with van der Waals surface area (Å²) in [4.78, 5) is 3.92. The van der Waals surface area contributed by atoms with E-state index >= 15 is 0 Å². The van der Waals surface area contributed by atoms with Gasteiger partial charge in [0.05, 0.1) is 5.69 Å². The number of hydrogen-bond acceptors (Lipinski definition) is 5. The van der Waals surface area contributed by atoms with Gasteiger partial charge in [0.2, 0.25) is 5.16 Å². The zero-order chi connectivity index (χ0) is 15.5. The Labute approximate surface area is 145 Å². The van der Waals surface area contributed by atoms with Crippen LogP contribution in [0.2, 0.25) is 15.3 Å². The van der Waals surface area contributed by atoms with Gasteiger partial charge in [-0.1, -0.05) is 46.6 Å². The molecule has 0 atom stereocenters. The second kappa shape index (κ2) is 6.83. The Morgan fingerprint density at radius 1 is 1.00 bits per heavy atom. The monoisotopic (exact) mass is 371 g/mol. The highest BCUT2D eigenvalue weighted by atomic mass is 35.5. The summed E-state index contributed by atoms with van der Waals surface area (Å²) in [7, 11) is 0. The predicted molar refractivity (Wildman–Crippen MR) is 88.0 cm³/mol. The minimum absolute atomic E-state index is 0.361. The molecule has 22 heavy (non-hydrogen) atoms. The van der Waals surface area contributed by atoms with Gasteiger partial charge in [-0.2, -0.15) is 4.68 Å². The number of hydrogen-bond donors (Lipinski definition) is 0. The third-order valence-electron chi connectivity index (χ3n) is 2.70. The molecular weight excluding hydrogens is 365 g/mol. The molecule has 2 heterocycles. The van der Waals surface area contributed by atoms with Gasteiger partial charge in [0.15, 0.2) is 0 Å². The molecule has 3 aromatic rings. The SMILES string of the molecule is Clc1ccc(-n2nnnc2SCc2cc(Cl)nc(Cl)c2)cc1. The molecule has 2 aromatic heterocycles. The van der Waals surface area contributed by atoms with Gasteiger partial charge in [0, 0.05) is 10.8 Å². The molecule has 0 aliphatic heterocycles. The van der Waals surface area contributed by atoms with E-state index in [2.05, 4.69) is 20.5 Å². The molecule has 0 bridgehead atoms. The van der Waals surface area contributed by atoms with Gasteiger partial charge in [0.1, 0.15) is 10.3 Å². The number of halogens is 3. The van der Waals surface area contributed by atoms with Crippen LogP contribution in [0.25, 0.3) is 5.69 Å². The maximum absolute atomic E-state index is 5.89. The summed E-state index contributed by atoms with van der Waals surface area (Å²) in [6.45, 7) is 0. The quantitative estimate of drug-likeness (QED) is 0.504. The number of benzene rings is 1. The Balaban J connectivity index is 1.79. The van der Waals surface area contributed by atoms with Crippen LogP contribution in [0.15, 0.2) is 41.6 Å². The van der Waals surface area contributed by atoms with Crippen molar-refractivity contribution in [3.05, 3.63) is 57.3 Å². The molecule has 0 unspecified atom stereocenters. The lowest BCUT2D eigenvalue weighted by molar-refractivity contribution is 0.756. The molecule has 0 aliphatic carbocycles. The molecule has 0 saturated carbocycles. The molecule has 1 aromatic carbocycles. The molecule has 0 N–H and O–H groups in total. The topological polar surface area (TPSA) is 56.5 Å². The van der Waals surface area contributed by atoms with Crippen molar-refractivity contribution < 1.29 is 0 Å². The lowest BCUT2D eigenvalue weighted by atomic mass is 10.3. The van der Waals surface area contributed by atoms with Crippen molar-refractivity contribution in [2.75, 3.05) is 0 Å². The van der Waals surface area contributed by atoms with E-state index in [4.69, 9.17) is 34.8 Å². The number of rotatable bonds is 4. The van der Waals surface area contributed by atoms with Crippen LogP contribution in [0.4, 0.5) is 0 Å². The standard InChI is InChI=1S/C13H8Cl3N5S/c14-9-1-3-10(4-2-9)21-13(18-19-20-21)22-7-8-5-11(15)17-12(16)6-8/h1-6H,7H2. The van der Waals surface area contributed by atoms with Crippen molar-refractivity contribution in [3.63, 3.8) is 0 Å². The smallest absolute Gasteiger partial charge is 0.214 e. The summed E-state index contributed by atoms with van der Waals surface area (Å²) < 4.78 is 1.64. The van der Waals surface area contributed by atoms with Gasteiger partial charge in [-0.05, 0) is 52.4 Å². The van der Waals surface area contributed by atoms with Crippen LogP contribution in [0.3, 0.4) is 0 Å². The van der Waals surface area contributed by atoms with Crippen molar-refractivity contribution in [1.82, 2.24) is 25.2 Å². The Bertz CT molecular complexity index is 770. The Kier molecular flexibility index (Phi) is 4.83. The number of pyridine rings is 1. The zero-order valence-corrected chi connectivity index (χ0v) is 14.0. The highest BCUT2D eigenvalue weighted by Gasteiger charge is 2.10. The Morgan fingerprint density at radius 3 is 2.36 bits per heavy atom. The lowest BCUT2D eigenvalue weighted by Crippen LogP contribution is -1.98. The predicted octanol–water partition coefficient (Wildman–Crippen LogP) is 4.31. The molecule has 3 rings (SSSR count). The molecule has 112 valence electrons. The number of nitrogens with zero attached hydrogens (tertiary/aromatic N) is 5. The molecule has 0 spiro atoms. The summed E-state index contributed by atoms with van der Waals surface area (Å²) in [5.74, 6) is 0.621. The summed E-state index contributed by atoms with van der Waals surface area (Å²) >= 11 is 19.1. The van der Waals surface area contributed by atoms with E-state index in [-0.39, 0.29) is 0 Å². The lowest BCUT2D eigenvalue weighted by Gasteiger charge is -2.05. The van der Waals surface area contributed by atoms with Crippen LogP contribution in [-0.4, -0.2) is 25.2 Å². The summed E-state index contributed by atoms with van der Waals surface area (Å²) in [5.41, 5.74) is 1.78. The summed E-state index contributed by atoms with van der Waals surface area (Å²) in [6, 6.07) is 10.8. The molecule has 0 saturated heterocycles. The fraction of sp³-hybridized carbons (Fsp3) is 0.0769. The van der Waals surface area contributed by atoms with Gasteiger partial charge in [-0.15, -0.1) is 5.10 Å². The average Bonchev–Trinajstić information content (AvgIpc) is 2.93. The van der Waals surface area contributed by atoms with Crippen LogP contribution in [-0.2, 0) is 5.75 Å². The van der Waals surface area contributed by atoms with Crippen LogP contribution >= 0.6 is 46.6 Å². The van der Waals surface area contributed by atoms with Gasteiger partial charge in [-0.25, -0.2) is 4.98 Å². The normalized spacial score (nSPS) is 10.9. The second-order valence-corrected chi connectivity index (χ2v) is 6.41. The Hall–Kier alpha value is -1.34. The fourth-order valence-corrected chi connectivity index (χ4v) is 3.21. The van der Waals surface area contributed by atoms with E-state index in [9.17, 15) is 0 Å². The number of tetrazole rings is 1. The molecular formula is C13H8Cl3N5S. The van der Waals surface area contributed by atoms with E-state index in [0.717, 1.165) is 11.3 Å². The fourth-order valence-electron chi connectivity index (χ4n) is 1.76. The van der Waals surface area contributed by atoms with E-state index < -0.39 is 0 Å². The van der Waals surface area contributed by atoms with E-state index in [1.807, 2.05) is 12.1 Å². The van der Waals surface area contributed by atoms with E-state index in [0.29, 0.717) is 26.2 Å². The van der Waals surface area contributed by atoms with Gasteiger partial charge in [0.25, 0.3) is 0 Å². The minimum Gasteiger partial charge on any atom is -0.224 e. The van der Waals surface area contributed by atoms with Crippen molar-refractivity contribution in [1.29, 1.82) is 0 Å². The maximum atomic E-state index is 5.89. The second-order valence-electron chi connectivity index (χ2n) is 4.26. The van der Waals surface area contributed by atoms with Crippen LogP contribution in [0, 0.1) is 0 Å². The first kappa shape index (κ1) is 15.6. The third-order valence-corrected chi connectivity index (χ3v) is 4.33. The first-order valence-electron chi connectivity index (χ1n) is 6.11. The minimum atomic E-state index is 0.361.